The molecule has 0 aliphatic rings. The fourth-order valence-electron chi connectivity index (χ4n) is 4.35. The SMILES string of the molecule is O=P(Cc1ccccc1P(c1ccccc1)c1ccccc1)(c1ccccc1)c1ccccc1. The standard InChI is InChI=1S/C31H26OP2/c32-34(29-20-9-3-10-21-29,30-22-11-4-12-23-30)25-26-15-13-14-24-31(26)33(27-16-5-1-6-17-27)28-18-7-2-8-19-28/h1-24H,25H2. The fourth-order valence-corrected chi connectivity index (χ4v) is 9.68. The van der Waals surface area contributed by atoms with Gasteiger partial charge >= 0.3 is 0 Å². The third kappa shape index (κ3) is 4.69. The lowest BCUT2D eigenvalue weighted by Crippen LogP contribution is -2.25. The summed E-state index contributed by atoms with van der Waals surface area (Å²) < 4.78 is 14.8. The lowest BCUT2D eigenvalue weighted by molar-refractivity contribution is 0.586. The van der Waals surface area contributed by atoms with E-state index in [9.17, 15) is 4.57 Å². The molecule has 3 heteroatoms. The highest BCUT2D eigenvalue weighted by Gasteiger charge is 2.30. The Balaban J connectivity index is 1.67. The van der Waals surface area contributed by atoms with Crippen LogP contribution < -0.4 is 26.5 Å². The third-order valence-corrected chi connectivity index (χ3v) is 11.6. The molecule has 5 aromatic carbocycles. The Morgan fingerprint density at radius 3 is 1.32 bits per heavy atom. The van der Waals surface area contributed by atoms with Crippen molar-refractivity contribution in [1.82, 2.24) is 0 Å². The van der Waals surface area contributed by atoms with Gasteiger partial charge in [0.1, 0.15) is 7.14 Å². The molecule has 1 nitrogen and oxygen atoms in total. The predicted molar refractivity (Wildman–Crippen MR) is 149 cm³/mol. The van der Waals surface area contributed by atoms with Crippen LogP contribution in [0, 0.1) is 0 Å². The minimum absolute atomic E-state index is 0.496. The maximum absolute atomic E-state index is 14.8. The Bertz CT molecular complexity index is 1300. The van der Waals surface area contributed by atoms with Crippen molar-refractivity contribution in [2.75, 3.05) is 0 Å². The number of rotatable bonds is 7. The average Bonchev–Trinajstić information content (AvgIpc) is 2.92. The predicted octanol–water partition coefficient (Wildman–Crippen LogP) is 5.96. The van der Waals surface area contributed by atoms with E-state index in [1.54, 1.807) is 0 Å². The van der Waals surface area contributed by atoms with Crippen LogP contribution in [0.5, 0.6) is 0 Å². The molecule has 0 amide bonds. The van der Waals surface area contributed by atoms with Crippen molar-refractivity contribution in [3.05, 3.63) is 151 Å². The maximum atomic E-state index is 14.8. The largest absolute Gasteiger partial charge is 0.313 e. The van der Waals surface area contributed by atoms with Crippen LogP contribution >= 0.6 is 15.1 Å². The summed E-state index contributed by atoms with van der Waals surface area (Å²) in [7, 11) is -3.66. The maximum Gasteiger partial charge on any atom is 0.147 e. The summed E-state index contributed by atoms with van der Waals surface area (Å²) in [6, 6.07) is 49.9. The van der Waals surface area contributed by atoms with E-state index in [2.05, 4.69) is 84.9 Å². The lowest BCUT2D eigenvalue weighted by atomic mass is 10.2. The second kappa shape index (κ2) is 10.4. The number of hydrogen-bond acceptors (Lipinski definition) is 1. The first-order chi connectivity index (χ1) is 16.8. The highest BCUT2D eigenvalue weighted by molar-refractivity contribution is 7.80. The van der Waals surface area contributed by atoms with E-state index in [0.717, 1.165) is 16.2 Å². The Labute approximate surface area is 203 Å². The van der Waals surface area contributed by atoms with Crippen molar-refractivity contribution in [1.29, 1.82) is 0 Å². The molecule has 0 saturated carbocycles. The number of hydrogen-bond donors (Lipinski definition) is 0. The number of benzene rings is 5. The summed E-state index contributed by atoms with van der Waals surface area (Å²) in [4.78, 5) is 0. The molecule has 0 aliphatic heterocycles. The van der Waals surface area contributed by atoms with Crippen molar-refractivity contribution in [3.63, 3.8) is 0 Å². The minimum Gasteiger partial charge on any atom is -0.313 e. The van der Waals surface area contributed by atoms with Crippen molar-refractivity contribution in [2.45, 2.75) is 6.16 Å². The van der Waals surface area contributed by atoms with Gasteiger partial charge in [0.05, 0.1) is 0 Å². The van der Waals surface area contributed by atoms with E-state index < -0.39 is 15.1 Å². The molecule has 5 rings (SSSR count). The Morgan fingerprint density at radius 1 is 0.471 bits per heavy atom. The van der Waals surface area contributed by atoms with Gasteiger partial charge in [-0.3, -0.25) is 0 Å². The van der Waals surface area contributed by atoms with Gasteiger partial charge in [-0.2, -0.15) is 0 Å². The molecule has 0 aliphatic carbocycles. The van der Waals surface area contributed by atoms with Crippen LogP contribution in [0.15, 0.2) is 146 Å². The molecule has 0 heterocycles. The smallest absolute Gasteiger partial charge is 0.147 e. The lowest BCUT2D eigenvalue weighted by Gasteiger charge is -2.25. The zero-order valence-electron chi connectivity index (χ0n) is 18.9. The van der Waals surface area contributed by atoms with Crippen LogP contribution in [0.1, 0.15) is 5.56 Å². The third-order valence-electron chi connectivity index (χ3n) is 6.00. The van der Waals surface area contributed by atoms with Gasteiger partial charge in [-0.05, 0) is 29.4 Å². The van der Waals surface area contributed by atoms with Crippen LogP contribution in [0.2, 0.25) is 0 Å². The van der Waals surface area contributed by atoms with E-state index in [1.165, 1.54) is 15.9 Å². The summed E-state index contributed by atoms with van der Waals surface area (Å²) in [5.41, 5.74) is 1.15. The van der Waals surface area contributed by atoms with Gasteiger partial charge in [0, 0.05) is 16.8 Å². The van der Waals surface area contributed by atoms with Gasteiger partial charge in [0.25, 0.3) is 0 Å². The van der Waals surface area contributed by atoms with Gasteiger partial charge in [0.2, 0.25) is 0 Å². The summed E-state index contributed by atoms with van der Waals surface area (Å²) in [6.45, 7) is 0. The zero-order chi connectivity index (χ0) is 23.2. The molecule has 166 valence electrons. The van der Waals surface area contributed by atoms with Crippen molar-refractivity contribution >= 4 is 41.6 Å². The minimum atomic E-state index is -2.89. The molecular weight excluding hydrogens is 450 g/mol. The molecule has 0 radical (unpaired) electrons. The molecule has 0 aromatic heterocycles. The average molecular weight is 476 g/mol. The molecule has 0 saturated heterocycles. The zero-order valence-corrected chi connectivity index (χ0v) is 20.7. The molecule has 5 aromatic rings. The second-order valence-electron chi connectivity index (χ2n) is 8.20. The summed E-state index contributed by atoms with van der Waals surface area (Å²) >= 11 is 0. The Hall–Kier alpha value is -3.24. The van der Waals surface area contributed by atoms with E-state index in [0.29, 0.717) is 6.16 Å². The van der Waals surface area contributed by atoms with Crippen LogP contribution in [0.25, 0.3) is 0 Å². The Morgan fingerprint density at radius 2 is 0.853 bits per heavy atom. The van der Waals surface area contributed by atoms with Crippen LogP contribution in [-0.4, -0.2) is 0 Å². The molecule has 0 bridgehead atoms. The van der Waals surface area contributed by atoms with Crippen LogP contribution in [-0.2, 0) is 10.7 Å². The molecule has 0 fully saturated rings. The summed E-state index contributed by atoms with van der Waals surface area (Å²) in [6.07, 6.45) is 0.496. The van der Waals surface area contributed by atoms with Crippen molar-refractivity contribution in [3.8, 4) is 0 Å². The molecule has 0 atom stereocenters. The fraction of sp³-hybridized carbons (Fsp3) is 0.0323. The second-order valence-corrected chi connectivity index (χ2v) is 13.2. The van der Waals surface area contributed by atoms with Crippen LogP contribution in [0.4, 0.5) is 0 Å². The van der Waals surface area contributed by atoms with Crippen LogP contribution in [0.3, 0.4) is 0 Å². The van der Waals surface area contributed by atoms with Gasteiger partial charge < -0.3 is 4.57 Å². The quantitative estimate of drug-likeness (QED) is 0.265. The van der Waals surface area contributed by atoms with Crippen molar-refractivity contribution < 1.29 is 4.57 Å². The van der Waals surface area contributed by atoms with E-state index >= 15 is 0 Å². The van der Waals surface area contributed by atoms with E-state index in [1.807, 2.05) is 60.7 Å². The molecule has 0 unspecified atom stereocenters. The van der Waals surface area contributed by atoms with Gasteiger partial charge in [0.15, 0.2) is 0 Å². The van der Waals surface area contributed by atoms with Gasteiger partial charge in [-0.25, -0.2) is 0 Å². The highest BCUT2D eigenvalue weighted by atomic mass is 31.2. The first-order valence-electron chi connectivity index (χ1n) is 11.4. The van der Waals surface area contributed by atoms with E-state index in [-0.39, 0.29) is 0 Å². The normalized spacial score (nSPS) is 11.4. The van der Waals surface area contributed by atoms with E-state index in [4.69, 9.17) is 0 Å². The summed E-state index contributed by atoms with van der Waals surface area (Å²) in [5.74, 6) is 0. The summed E-state index contributed by atoms with van der Waals surface area (Å²) in [5, 5.41) is 5.66. The topological polar surface area (TPSA) is 17.1 Å². The first-order valence-corrected chi connectivity index (χ1v) is 14.7. The van der Waals surface area contributed by atoms with Gasteiger partial charge in [-0.15, -0.1) is 0 Å². The monoisotopic (exact) mass is 476 g/mol. The first kappa shape index (κ1) is 22.5. The Kier molecular flexibility index (Phi) is 6.87. The molecule has 0 spiro atoms. The van der Waals surface area contributed by atoms with Gasteiger partial charge in [-0.1, -0.05) is 146 Å². The van der Waals surface area contributed by atoms with Crippen molar-refractivity contribution in [2.24, 2.45) is 0 Å². The highest BCUT2D eigenvalue weighted by Crippen LogP contribution is 2.48. The molecule has 0 N–H and O–H groups in total. The molecule has 34 heavy (non-hydrogen) atoms. The molecular formula is C31H26OP2.